The topological polar surface area (TPSA) is 47.3 Å². The molecule has 0 amide bonds. The second-order valence-electron chi connectivity index (χ2n) is 3.95. The molecule has 0 bridgehead atoms. The summed E-state index contributed by atoms with van der Waals surface area (Å²) in [5, 5.41) is 0. The van der Waals surface area contributed by atoms with E-state index in [1.807, 2.05) is 13.8 Å². The quantitative estimate of drug-likeness (QED) is 0.397. The van der Waals surface area contributed by atoms with Crippen molar-refractivity contribution < 1.29 is 17.9 Å². The molecule has 3 nitrogen and oxygen atoms in total. The van der Waals surface area contributed by atoms with Crippen molar-refractivity contribution in [1.29, 1.82) is 0 Å². The van der Waals surface area contributed by atoms with E-state index in [1.165, 1.54) is 0 Å². The van der Waals surface area contributed by atoms with E-state index in [4.69, 9.17) is 5.84 Å². The first-order valence-electron chi connectivity index (χ1n) is 4.95. The first-order chi connectivity index (χ1) is 6.85. The number of nitrogens with two attached hydrogens (primary N) is 1. The van der Waals surface area contributed by atoms with E-state index in [0.717, 1.165) is 6.42 Å². The molecule has 6 heteroatoms. The molecular weight excluding hydrogens is 209 g/mol. The molecule has 0 saturated carbocycles. The van der Waals surface area contributed by atoms with Gasteiger partial charge in [0.15, 0.2) is 0 Å². The summed E-state index contributed by atoms with van der Waals surface area (Å²) in [6, 6.07) is 0.0123. The SMILES string of the molecule is CC(C)CC(CCOCC(F)(F)F)NN. The van der Waals surface area contributed by atoms with Crippen molar-refractivity contribution in [3.8, 4) is 0 Å². The first kappa shape index (κ1) is 14.7. The smallest absolute Gasteiger partial charge is 0.372 e. The van der Waals surface area contributed by atoms with Crippen LogP contribution in [0.2, 0.25) is 0 Å². The fraction of sp³-hybridized carbons (Fsp3) is 1.00. The number of hydrazine groups is 1. The third-order valence-electron chi connectivity index (χ3n) is 1.87. The Hall–Kier alpha value is -0.330. The Balaban J connectivity index is 3.55. The average molecular weight is 228 g/mol. The molecule has 92 valence electrons. The number of ether oxygens (including phenoxy) is 1. The van der Waals surface area contributed by atoms with E-state index in [-0.39, 0.29) is 12.6 Å². The van der Waals surface area contributed by atoms with Crippen LogP contribution in [0, 0.1) is 5.92 Å². The van der Waals surface area contributed by atoms with Crippen LogP contribution in [0.15, 0.2) is 0 Å². The van der Waals surface area contributed by atoms with E-state index in [1.54, 1.807) is 0 Å². The Morgan fingerprint density at radius 2 is 1.93 bits per heavy atom. The summed E-state index contributed by atoms with van der Waals surface area (Å²) in [5.74, 6) is 5.71. The Labute approximate surface area is 88.1 Å². The highest BCUT2D eigenvalue weighted by Crippen LogP contribution is 2.15. The average Bonchev–Trinajstić information content (AvgIpc) is 2.08. The Morgan fingerprint density at radius 3 is 2.33 bits per heavy atom. The van der Waals surface area contributed by atoms with Crippen LogP contribution >= 0.6 is 0 Å². The van der Waals surface area contributed by atoms with Gasteiger partial charge in [0.1, 0.15) is 6.61 Å². The molecule has 0 aliphatic carbocycles. The van der Waals surface area contributed by atoms with Crippen molar-refractivity contribution in [2.75, 3.05) is 13.2 Å². The number of hydrogen-bond acceptors (Lipinski definition) is 3. The molecule has 3 N–H and O–H groups in total. The summed E-state index contributed by atoms with van der Waals surface area (Å²) < 4.78 is 39.6. The van der Waals surface area contributed by atoms with Gasteiger partial charge in [0.2, 0.25) is 0 Å². The number of nitrogens with one attached hydrogen (secondary N) is 1. The van der Waals surface area contributed by atoms with Crippen molar-refractivity contribution in [1.82, 2.24) is 5.43 Å². The molecule has 15 heavy (non-hydrogen) atoms. The van der Waals surface area contributed by atoms with Crippen LogP contribution in [0.25, 0.3) is 0 Å². The highest BCUT2D eigenvalue weighted by molar-refractivity contribution is 4.65. The number of alkyl halides is 3. The Kier molecular flexibility index (Phi) is 6.87. The maximum Gasteiger partial charge on any atom is 0.411 e. The maximum atomic E-state index is 11.7. The molecule has 0 radical (unpaired) electrons. The normalized spacial score (nSPS) is 14.6. The third kappa shape index (κ3) is 9.96. The summed E-state index contributed by atoms with van der Waals surface area (Å²) in [5.41, 5.74) is 2.57. The van der Waals surface area contributed by atoms with Crippen molar-refractivity contribution in [3.05, 3.63) is 0 Å². The lowest BCUT2D eigenvalue weighted by molar-refractivity contribution is -0.174. The molecule has 1 unspecified atom stereocenters. The second kappa shape index (κ2) is 7.03. The molecule has 0 heterocycles. The lowest BCUT2D eigenvalue weighted by atomic mass is 10.0. The first-order valence-corrected chi connectivity index (χ1v) is 4.95. The fourth-order valence-electron chi connectivity index (χ4n) is 1.25. The highest BCUT2D eigenvalue weighted by Gasteiger charge is 2.27. The summed E-state index contributed by atoms with van der Waals surface area (Å²) >= 11 is 0. The van der Waals surface area contributed by atoms with Gasteiger partial charge >= 0.3 is 6.18 Å². The minimum atomic E-state index is -4.25. The Bertz CT molecular complexity index is 162. The standard InChI is InChI=1S/C9H19F3N2O/c1-7(2)5-8(14-13)3-4-15-6-9(10,11)12/h7-8,14H,3-6,13H2,1-2H3. The van der Waals surface area contributed by atoms with Crippen molar-refractivity contribution in [2.45, 2.75) is 38.9 Å². The van der Waals surface area contributed by atoms with E-state index in [9.17, 15) is 13.2 Å². The van der Waals surface area contributed by atoms with Gasteiger partial charge in [0, 0.05) is 12.6 Å². The van der Waals surface area contributed by atoms with E-state index in [0.29, 0.717) is 12.3 Å². The van der Waals surface area contributed by atoms with Crippen molar-refractivity contribution >= 4 is 0 Å². The molecule has 0 aromatic heterocycles. The Morgan fingerprint density at radius 1 is 1.33 bits per heavy atom. The largest absolute Gasteiger partial charge is 0.411 e. The van der Waals surface area contributed by atoms with E-state index < -0.39 is 12.8 Å². The predicted molar refractivity (Wildman–Crippen MR) is 52.1 cm³/mol. The van der Waals surface area contributed by atoms with Crippen LogP contribution in [0.1, 0.15) is 26.7 Å². The van der Waals surface area contributed by atoms with Gasteiger partial charge in [-0.05, 0) is 18.8 Å². The van der Waals surface area contributed by atoms with Crippen molar-refractivity contribution in [2.24, 2.45) is 11.8 Å². The van der Waals surface area contributed by atoms with Gasteiger partial charge in [0.25, 0.3) is 0 Å². The minimum Gasteiger partial charge on any atom is -0.372 e. The van der Waals surface area contributed by atoms with Crippen LogP contribution < -0.4 is 11.3 Å². The van der Waals surface area contributed by atoms with Gasteiger partial charge in [-0.25, -0.2) is 0 Å². The molecule has 0 spiro atoms. The molecule has 0 aliphatic heterocycles. The van der Waals surface area contributed by atoms with Gasteiger partial charge in [-0.15, -0.1) is 0 Å². The third-order valence-corrected chi connectivity index (χ3v) is 1.87. The summed E-state index contributed by atoms with van der Waals surface area (Å²) in [7, 11) is 0. The molecule has 0 aromatic rings. The fourth-order valence-corrected chi connectivity index (χ4v) is 1.25. The molecule has 1 atom stereocenters. The van der Waals surface area contributed by atoms with E-state index >= 15 is 0 Å². The minimum absolute atomic E-state index is 0.0123. The number of halogens is 3. The zero-order chi connectivity index (χ0) is 11.9. The number of rotatable bonds is 7. The van der Waals surface area contributed by atoms with Gasteiger partial charge < -0.3 is 4.74 Å². The van der Waals surface area contributed by atoms with Crippen LogP contribution in [0.5, 0.6) is 0 Å². The van der Waals surface area contributed by atoms with Crippen LogP contribution in [0.3, 0.4) is 0 Å². The van der Waals surface area contributed by atoms with Gasteiger partial charge in [-0.1, -0.05) is 13.8 Å². The van der Waals surface area contributed by atoms with Crippen LogP contribution in [-0.2, 0) is 4.74 Å². The van der Waals surface area contributed by atoms with Crippen LogP contribution in [-0.4, -0.2) is 25.4 Å². The summed E-state index contributed by atoms with van der Waals surface area (Å²) in [6.07, 6.45) is -2.93. The zero-order valence-corrected chi connectivity index (χ0v) is 9.10. The van der Waals surface area contributed by atoms with Crippen molar-refractivity contribution in [3.63, 3.8) is 0 Å². The molecule has 0 fully saturated rings. The van der Waals surface area contributed by atoms with Gasteiger partial charge in [-0.3, -0.25) is 11.3 Å². The molecule has 0 aromatic carbocycles. The number of hydrogen-bond donors (Lipinski definition) is 2. The molecule has 0 aliphatic rings. The second-order valence-corrected chi connectivity index (χ2v) is 3.95. The highest BCUT2D eigenvalue weighted by atomic mass is 19.4. The monoisotopic (exact) mass is 228 g/mol. The van der Waals surface area contributed by atoms with Gasteiger partial charge in [0.05, 0.1) is 0 Å². The lowest BCUT2D eigenvalue weighted by Crippen LogP contribution is -2.37. The molecular formula is C9H19F3N2O. The molecule has 0 rings (SSSR count). The lowest BCUT2D eigenvalue weighted by Gasteiger charge is -2.18. The molecule has 0 saturated heterocycles. The summed E-state index contributed by atoms with van der Waals surface area (Å²) in [6.45, 7) is 2.94. The van der Waals surface area contributed by atoms with Crippen LogP contribution in [0.4, 0.5) is 13.2 Å². The predicted octanol–water partition coefficient (Wildman–Crippen LogP) is 1.83. The summed E-state index contributed by atoms with van der Waals surface area (Å²) in [4.78, 5) is 0. The van der Waals surface area contributed by atoms with Gasteiger partial charge in [-0.2, -0.15) is 13.2 Å². The maximum absolute atomic E-state index is 11.7. The zero-order valence-electron chi connectivity index (χ0n) is 9.10. The van der Waals surface area contributed by atoms with E-state index in [2.05, 4.69) is 10.2 Å².